The molecule has 0 bridgehead atoms. The summed E-state index contributed by atoms with van der Waals surface area (Å²) >= 11 is 1.81. The number of hydrogen-bond donors (Lipinski definition) is 2. The van der Waals surface area contributed by atoms with Crippen molar-refractivity contribution in [3.63, 3.8) is 0 Å². The molecule has 0 radical (unpaired) electrons. The molecule has 3 aromatic rings. The second kappa shape index (κ2) is 5.92. The van der Waals surface area contributed by atoms with Gasteiger partial charge < -0.3 is 10.2 Å². The molecule has 2 N–H and O–H groups in total. The molecule has 2 nitrogen and oxygen atoms in total. The zero-order valence-corrected chi connectivity index (χ0v) is 12.1. The Bertz CT molecular complexity index is 717. The molecule has 0 aliphatic rings. The number of thiophene rings is 1. The summed E-state index contributed by atoms with van der Waals surface area (Å²) in [5.41, 5.74) is 1.16. The largest absolute Gasteiger partial charge is 0.396 e. The maximum atomic E-state index is 9.56. The van der Waals surface area contributed by atoms with Crippen LogP contribution in [0.2, 0.25) is 0 Å². The van der Waals surface area contributed by atoms with Crippen LogP contribution in [-0.4, -0.2) is 23.4 Å². The maximum Gasteiger partial charge on any atom is 0.0499 e. The summed E-state index contributed by atoms with van der Waals surface area (Å²) in [7, 11) is 0. The Balaban J connectivity index is 2.06. The SMILES string of the molecule is OCCCC(CO)c1ccc2sc3ccccc3c2c1. The smallest absolute Gasteiger partial charge is 0.0499 e. The number of rotatable bonds is 5. The van der Waals surface area contributed by atoms with Gasteiger partial charge in [0.1, 0.15) is 0 Å². The lowest BCUT2D eigenvalue weighted by Crippen LogP contribution is -2.05. The number of benzene rings is 2. The molecule has 0 fully saturated rings. The first-order valence-corrected chi connectivity index (χ1v) is 7.78. The lowest BCUT2D eigenvalue weighted by atomic mass is 9.94. The quantitative estimate of drug-likeness (QED) is 0.746. The molecule has 0 aliphatic carbocycles. The summed E-state index contributed by atoms with van der Waals surface area (Å²) in [6, 6.07) is 14.9. The summed E-state index contributed by atoms with van der Waals surface area (Å²) in [5, 5.41) is 21.1. The van der Waals surface area contributed by atoms with Gasteiger partial charge in [-0.2, -0.15) is 0 Å². The summed E-state index contributed by atoms with van der Waals surface area (Å²) in [6.07, 6.45) is 1.55. The van der Waals surface area contributed by atoms with E-state index in [0.717, 1.165) is 18.4 Å². The van der Waals surface area contributed by atoms with Crippen LogP contribution in [0.4, 0.5) is 0 Å². The molecule has 3 rings (SSSR count). The van der Waals surface area contributed by atoms with E-state index in [-0.39, 0.29) is 19.1 Å². The van der Waals surface area contributed by atoms with E-state index in [1.54, 1.807) is 11.3 Å². The molecule has 20 heavy (non-hydrogen) atoms. The van der Waals surface area contributed by atoms with Gasteiger partial charge >= 0.3 is 0 Å². The van der Waals surface area contributed by atoms with E-state index in [1.807, 2.05) is 0 Å². The van der Waals surface area contributed by atoms with Gasteiger partial charge in [0.2, 0.25) is 0 Å². The molecule has 0 saturated heterocycles. The van der Waals surface area contributed by atoms with Gasteiger partial charge in [-0.3, -0.25) is 0 Å². The van der Waals surface area contributed by atoms with Gasteiger partial charge in [0, 0.05) is 39.3 Å². The molecular formula is C17H18O2S. The highest BCUT2D eigenvalue weighted by molar-refractivity contribution is 7.25. The van der Waals surface area contributed by atoms with E-state index in [9.17, 15) is 5.11 Å². The third-order valence-corrected chi connectivity index (χ3v) is 4.96. The molecule has 1 unspecified atom stereocenters. The fourth-order valence-corrected chi connectivity index (χ4v) is 3.79. The number of fused-ring (bicyclic) bond motifs is 3. The van der Waals surface area contributed by atoms with Gasteiger partial charge in [0.15, 0.2) is 0 Å². The van der Waals surface area contributed by atoms with E-state index >= 15 is 0 Å². The van der Waals surface area contributed by atoms with Crippen LogP contribution in [0.3, 0.4) is 0 Å². The van der Waals surface area contributed by atoms with E-state index in [1.165, 1.54) is 20.2 Å². The zero-order valence-electron chi connectivity index (χ0n) is 11.2. The normalized spacial score (nSPS) is 13.1. The molecule has 3 heteroatoms. The van der Waals surface area contributed by atoms with E-state index in [2.05, 4.69) is 42.5 Å². The first kappa shape index (κ1) is 13.6. The van der Waals surface area contributed by atoms with Crippen LogP contribution < -0.4 is 0 Å². The van der Waals surface area contributed by atoms with Crippen LogP contribution >= 0.6 is 11.3 Å². The Morgan fingerprint density at radius 3 is 2.55 bits per heavy atom. The molecule has 0 spiro atoms. The summed E-state index contributed by atoms with van der Waals surface area (Å²) in [4.78, 5) is 0. The highest BCUT2D eigenvalue weighted by atomic mass is 32.1. The Kier molecular flexibility index (Phi) is 4.01. The summed E-state index contributed by atoms with van der Waals surface area (Å²) in [6.45, 7) is 0.313. The fourth-order valence-electron chi connectivity index (χ4n) is 2.70. The predicted molar refractivity (Wildman–Crippen MR) is 85.5 cm³/mol. The van der Waals surface area contributed by atoms with Crippen LogP contribution in [0.5, 0.6) is 0 Å². The lowest BCUT2D eigenvalue weighted by molar-refractivity contribution is 0.237. The number of aliphatic hydroxyl groups is 2. The van der Waals surface area contributed by atoms with Gasteiger partial charge in [-0.15, -0.1) is 11.3 Å². The molecule has 0 saturated carbocycles. The molecule has 0 aliphatic heterocycles. The molecule has 2 aromatic carbocycles. The van der Waals surface area contributed by atoms with Crippen molar-refractivity contribution in [1.82, 2.24) is 0 Å². The fraction of sp³-hybridized carbons (Fsp3) is 0.294. The Labute approximate surface area is 122 Å². The van der Waals surface area contributed by atoms with Crippen molar-refractivity contribution in [2.75, 3.05) is 13.2 Å². The monoisotopic (exact) mass is 286 g/mol. The van der Waals surface area contributed by atoms with Crippen LogP contribution in [0.15, 0.2) is 42.5 Å². The van der Waals surface area contributed by atoms with Crippen molar-refractivity contribution < 1.29 is 10.2 Å². The molecular weight excluding hydrogens is 268 g/mol. The second-order valence-corrected chi connectivity index (χ2v) is 6.18. The first-order valence-electron chi connectivity index (χ1n) is 6.96. The van der Waals surface area contributed by atoms with Crippen LogP contribution in [0, 0.1) is 0 Å². The third-order valence-electron chi connectivity index (χ3n) is 3.80. The second-order valence-electron chi connectivity index (χ2n) is 5.10. The predicted octanol–water partition coefficient (Wildman–Crippen LogP) is 3.90. The molecule has 1 heterocycles. The van der Waals surface area contributed by atoms with Crippen molar-refractivity contribution in [1.29, 1.82) is 0 Å². The van der Waals surface area contributed by atoms with Crippen molar-refractivity contribution in [2.24, 2.45) is 0 Å². The molecule has 0 amide bonds. The highest BCUT2D eigenvalue weighted by Crippen LogP contribution is 2.35. The Hall–Kier alpha value is -1.42. The minimum Gasteiger partial charge on any atom is -0.396 e. The van der Waals surface area contributed by atoms with E-state index < -0.39 is 0 Å². The third kappa shape index (κ3) is 2.44. The molecule has 104 valence electrons. The standard InChI is InChI=1S/C17H18O2S/c18-9-3-4-13(11-19)12-7-8-17-15(10-12)14-5-1-2-6-16(14)20-17/h1-2,5-8,10,13,18-19H,3-4,9,11H2. The Morgan fingerprint density at radius 1 is 0.950 bits per heavy atom. The van der Waals surface area contributed by atoms with Gasteiger partial charge in [-0.05, 0) is 36.6 Å². The Morgan fingerprint density at radius 2 is 1.75 bits per heavy atom. The van der Waals surface area contributed by atoms with Crippen LogP contribution in [0.25, 0.3) is 20.2 Å². The maximum absolute atomic E-state index is 9.56. The van der Waals surface area contributed by atoms with Crippen LogP contribution in [-0.2, 0) is 0 Å². The van der Waals surface area contributed by atoms with E-state index in [0.29, 0.717) is 0 Å². The summed E-state index contributed by atoms with van der Waals surface area (Å²) < 4.78 is 2.59. The van der Waals surface area contributed by atoms with E-state index in [4.69, 9.17) is 5.11 Å². The minimum atomic E-state index is 0.116. The average Bonchev–Trinajstić information content (AvgIpc) is 2.86. The number of aliphatic hydroxyl groups excluding tert-OH is 2. The highest BCUT2D eigenvalue weighted by Gasteiger charge is 2.12. The van der Waals surface area contributed by atoms with Crippen molar-refractivity contribution in [3.05, 3.63) is 48.0 Å². The minimum absolute atomic E-state index is 0.116. The lowest BCUT2D eigenvalue weighted by Gasteiger charge is -2.14. The average molecular weight is 286 g/mol. The van der Waals surface area contributed by atoms with Gasteiger partial charge in [-0.1, -0.05) is 24.3 Å². The molecule has 1 aromatic heterocycles. The van der Waals surface area contributed by atoms with Gasteiger partial charge in [-0.25, -0.2) is 0 Å². The van der Waals surface area contributed by atoms with Gasteiger partial charge in [0.05, 0.1) is 0 Å². The zero-order chi connectivity index (χ0) is 13.9. The summed E-state index contributed by atoms with van der Waals surface area (Å²) in [5.74, 6) is 0.116. The number of hydrogen-bond acceptors (Lipinski definition) is 3. The molecule has 1 atom stereocenters. The van der Waals surface area contributed by atoms with Crippen LogP contribution in [0.1, 0.15) is 24.3 Å². The van der Waals surface area contributed by atoms with Crippen molar-refractivity contribution in [2.45, 2.75) is 18.8 Å². The van der Waals surface area contributed by atoms with Gasteiger partial charge in [0.25, 0.3) is 0 Å². The topological polar surface area (TPSA) is 40.5 Å². The van der Waals surface area contributed by atoms with Crippen molar-refractivity contribution in [3.8, 4) is 0 Å². The first-order chi connectivity index (χ1) is 9.83. The van der Waals surface area contributed by atoms with Crippen molar-refractivity contribution >= 4 is 31.5 Å².